The number of para-hydroxylation sites is 1. The zero-order valence-electron chi connectivity index (χ0n) is 21.2. The molecule has 39 heavy (non-hydrogen) atoms. The van der Waals surface area contributed by atoms with Gasteiger partial charge in [0.2, 0.25) is 0 Å². The van der Waals surface area contributed by atoms with Gasteiger partial charge in [0.15, 0.2) is 0 Å². The molecule has 0 bridgehead atoms. The number of carbonyl (C=O) groups is 2. The molecule has 196 valence electrons. The van der Waals surface area contributed by atoms with Crippen LogP contribution in [-0.4, -0.2) is 17.0 Å². The quantitative estimate of drug-likeness (QED) is 0.218. The van der Waals surface area contributed by atoms with E-state index in [0.717, 1.165) is 27.6 Å². The molecular weight excluding hydrogens is 492 g/mol. The van der Waals surface area contributed by atoms with E-state index in [2.05, 4.69) is 5.32 Å². The second-order valence-electron chi connectivity index (χ2n) is 9.19. The molecule has 7 nitrogen and oxygen atoms in total. The van der Waals surface area contributed by atoms with Crippen LogP contribution < -0.4 is 15.8 Å². The second kappa shape index (κ2) is 11.7. The first-order chi connectivity index (χ1) is 19.0. The average Bonchev–Trinajstić information content (AvgIpc) is 3.38. The summed E-state index contributed by atoms with van der Waals surface area (Å²) < 4.78 is 12.3. The highest BCUT2D eigenvalue weighted by atomic mass is 16.5. The lowest BCUT2D eigenvalue weighted by molar-refractivity contribution is -0.136. The van der Waals surface area contributed by atoms with Gasteiger partial charge in [-0.15, -0.1) is 0 Å². The first kappa shape index (κ1) is 25.8. The van der Waals surface area contributed by atoms with E-state index in [9.17, 15) is 14.7 Å². The van der Waals surface area contributed by atoms with Crippen LogP contribution in [0.3, 0.4) is 0 Å². The van der Waals surface area contributed by atoms with Gasteiger partial charge in [-0.2, -0.15) is 0 Å². The number of nitrogens with one attached hydrogen (secondary N) is 1. The first-order valence-corrected chi connectivity index (χ1v) is 12.6. The zero-order chi connectivity index (χ0) is 27.2. The summed E-state index contributed by atoms with van der Waals surface area (Å²) in [6.07, 6.45) is -0.119. The van der Waals surface area contributed by atoms with E-state index in [4.69, 9.17) is 14.9 Å². The van der Waals surface area contributed by atoms with Gasteiger partial charge in [-0.1, -0.05) is 54.6 Å². The predicted octanol–water partition coefficient (Wildman–Crippen LogP) is 5.69. The molecular formula is C32H28N2O5. The fraction of sp³-hybridized carbons (Fsp3) is 0.125. The van der Waals surface area contributed by atoms with Crippen molar-refractivity contribution in [1.82, 2.24) is 5.32 Å². The lowest BCUT2D eigenvalue weighted by atomic mass is 9.99. The summed E-state index contributed by atoms with van der Waals surface area (Å²) >= 11 is 0. The van der Waals surface area contributed by atoms with Gasteiger partial charge in [0.1, 0.15) is 23.7 Å². The van der Waals surface area contributed by atoms with Crippen LogP contribution in [-0.2, 0) is 30.9 Å². The van der Waals surface area contributed by atoms with Crippen molar-refractivity contribution in [2.24, 2.45) is 5.73 Å². The highest BCUT2D eigenvalue weighted by Gasteiger charge is 2.15. The van der Waals surface area contributed by atoms with Gasteiger partial charge in [-0.3, -0.25) is 9.59 Å². The molecule has 0 aliphatic rings. The number of ether oxygens (including phenoxy) is 1. The highest BCUT2D eigenvalue weighted by molar-refractivity contribution is 5.95. The monoisotopic (exact) mass is 520 g/mol. The molecule has 5 aromatic rings. The predicted molar refractivity (Wildman–Crippen MR) is 149 cm³/mol. The molecule has 0 aliphatic heterocycles. The van der Waals surface area contributed by atoms with Crippen LogP contribution in [0.15, 0.2) is 101 Å². The Morgan fingerprint density at radius 3 is 2.46 bits per heavy atom. The largest absolute Gasteiger partial charge is 0.489 e. The van der Waals surface area contributed by atoms with Gasteiger partial charge >= 0.3 is 5.97 Å². The average molecular weight is 521 g/mol. The van der Waals surface area contributed by atoms with E-state index in [1.165, 1.54) is 0 Å². The molecule has 0 saturated heterocycles. The van der Waals surface area contributed by atoms with Crippen molar-refractivity contribution in [3.63, 3.8) is 0 Å². The summed E-state index contributed by atoms with van der Waals surface area (Å²) in [6, 6.07) is 30.0. The van der Waals surface area contributed by atoms with Crippen molar-refractivity contribution in [2.45, 2.75) is 26.1 Å². The molecule has 1 aromatic heterocycles. The minimum atomic E-state index is -0.917. The third-order valence-corrected chi connectivity index (χ3v) is 6.37. The van der Waals surface area contributed by atoms with E-state index in [1.807, 2.05) is 66.7 Å². The van der Waals surface area contributed by atoms with Crippen molar-refractivity contribution in [3.05, 3.63) is 125 Å². The lowest BCUT2D eigenvalue weighted by Gasteiger charge is -2.12. The van der Waals surface area contributed by atoms with Gasteiger partial charge in [-0.05, 0) is 59.2 Å². The van der Waals surface area contributed by atoms with Crippen molar-refractivity contribution in [2.75, 3.05) is 0 Å². The normalized spacial score (nSPS) is 10.9. The third kappa shape index (κ3) is 6.17. The Morgan fingerprint density at radius 1 is 0.872 bits per heavy atom. The summed E-state index contributed by atoms with van der Waals surface area (Å²) in [5, 5.41) is 13.0. The number of amides is 1. The minimum Gasteiger partial charge on any atom is -0.489 e. The van der Waals surface area contributed by atoms with E-state index < -0.39 is 5.97 Å². The zero-order valence-corrected chi connectivity index (χ0v) is 21.2. The van der Waals surface area contributed by atoms with Gasteiger partial charge in [0, 0.05) is 28.6 Å². The summed E-state index contributed by atoms with van der Waals surface area (Å²) in [5.41, 5.74) is 11.5. The fourth-order valence-electron chi connectivity index (χ4n) is 4.49. The number of hydrogen-bond donors (Lipinski definition) is 3. The van der Waals surface area contributed by atoms with Crippen LogP contribution in [0, 0.1) is 0 Å². The fourth-order valence-corrected chi connectivity index (χ4v) is 4.49. The van der Waals surface area contributed by atoms with Gasteiger partial charge in [-0.25, -0.2) is 0 Å². The number of aliphatic carboxylic acids is 1. The van der Waals surface area contributed by atoms with E-state index in [-0.39, 0.29) is 25.5 Å². The molecule has 1 heterocycles. The van der Waals surface area contributed by atoms with Crippen molar-refractivity contribution in [1.29, 1.82) is 0 Å². The number of rotatable bonds is 10. The minimum absolute atomic E-state index is 0.119. The third-order valence-electron chi connectivity index (χ3n) is 6.37. The number of benzene rings is 4. The van der Waals surface area contributed by atoms with Gasteiger partial charge in [0.05, 0.1) is 13.0 Å². The molecule has 4 N–H and O–H groups in total. The lowest BCUT2D eigenvalue weighted by Crippen LogP contribution is -2.22. The molecule has 1 amide bonds. The number of furan rings is 1. The maximum Gasteiger partial charge on any atom is 0.307 e. The van der Waals surface area contributed by atoms with Gasteiger partial charge < -0.3 is 25.3 Å². The number of carbonyl (C=O) groups excluding carboxylic acids is 1. The van der Waals surface area contributed by atoms with Crippen LogP contribution in [0.5, 0.6) is 5.75 Å². The van der Waals surface area contributed by atoms with Crippen molar-refractivity contribution < 1.29 is 23.8 Å². The van der Waals surface area contributed by atoms with Crippen LogP contribution >= 0.6 is 0 Å². The van der Waals surface area contributed by atoms with Crippen LogP contribution in [0.4, 0.5) is 0 Å². The molecule has 0 radical (unpaired) electrons. The van der Waals surface area contributed by atoms with Crippen LogP contribution in [0.1, 0.15) is 32.8 Å². The number of hydrogen-bond acceptors (Lipinski definition) is 5. The SMILES string of the molecule is NCc1cccc(-c2cc(COc3ccccc3CC(=O)O)cc3cc(CNC(=O)c4ccccc4)oc23)c1. The van der Waals surface area contributed by atoms with Gasteiger partial charge in [0.25, 0.3) is 5.91 Å². The molecule has 5 rings (SSSR count). The Bertz CT molecular complexity index is 1620. The van der Waals surface area contributed by atoms with E-state index in [1.54, 1.807) is 30.3 Å². The number of fused-ring (bicyclic) bond motifs is 1. The Morgan fingerprint density at radius 2 is 1.67 bits per heavy atom. The number of carboxylic acids is 1. The van der Waals surface area contributed by atoms with Crippen molar-refractivity contribution in [3.8, 4) is 16.9 Å². The number of nitrogens with two attached hydrogens (primary N) is 1. The summed E-state index contributed by atoms with van der Waals surface area (Å²) in [4.78, 5) is 23.8. The maximum atomic E-state index is 12.5. The summed E-state index contributed by atoms with van der Waals surface area (Å²) in [5.74, 6) is 0.0550. The molecule has 0 fully saturated rings. The Hall–Kier alpha value is -4.88. The topological polar surface area (TPSA) is 115 Å². The first-order valence-electron chi connectivity index (χ1n) is 12.6. The Labute approximate surface area is 225 Å². The second-order valence-corrected chi connectivity index (χ2v) is 9.19. The smallest absolute Gasteiger partial charge is 0.307 e. The maximum absolute atomic E-state index is 12.5. The van der Waals surface area contributed by atoms with Crippen LogP contribution in [0.2, 0.25) is 0 Å². The highest BCUT2D eigenvalue weighted by Crippen LogP contribution is 2.34. The standard InChI is InChI=1S/C32H28N2O5/c33-18-21-7-6-11-24(13-21)28-15-22(20-38-29-12-5-4-10-25(29)17-30(35)36)14-26-16-27(39-31(26)28)19-34-32(37)23-8-2-1-3-9-23/h1-16H,17-20,33H2,(H,34,37)(H,35,36). The Balaban J connectivity index is 1.46. The van der Waals surface area contributed by atoms with E-state index in [0.29, 0.717) is 34.8 Å². The molecule has 0 aliphatic carbocycles. The molecule has 0 atom stereocenters. The molecule has 7 heteroatoms. The summed E-state index contributed by atoms with van der Waals surface area (Å²) in [6.45, 7) is 0.884. The molecule has 0 spiro atoms. The summed E-state index contributed by atoms with van der Waals surface area (Å²) in [7, 11) is 0. The number of carboxylic acid groups (broad SMARTS) is 1. The van der Waals surface area contributed by atoms with Crippen LogP contribution in [0.25, 0.3) is 22.1 Å². The van der Waals surface area contributed by atoms with E-state index >= 15 is 0 Å². The Kier molecular flexibility index (Phi) is 7.70. The van der Waals surface area contributed by atoms with Crippen molar-refractivity contribution >= 4 is 22.8 Å². The molecule has 0 saturated carbocycles. The molecule has 4 aromatic carbocycles. The molecule has 0 unspecified atom stereocenters.